The van der Waals surface area contributed by atoms with Crippen molar-refractivity contribution in [3.05, 3.63) is 21.3 Å². The molecule has 6 nitrogen and oxygen atoms in total. The fourth-order valence-corrected chi connectivity index (χ4v) is 5.29. The summed E-state index contributed by atoms with van der Waals surface area (Å²) in [6, 6.07) is 1.96. The van der Waals surface area contributed by atoms with Crippen LogP contribution in [0.2, 0.25) is 0 Å². The van der Waals surface area contributed by atoms with Crippen LogP contribution in [0.5, 0.6) is 0 Å². The molecule has 3 rings (SSSR count). The van der Waals surface area contributed by atoms with Gasteiger partial charge in [0.15, 0.2) is 5.16 Å². The summed E-state index contributed by atoms with van der Waals surface area (Å²) in [5, 5.41) is 1.33. The van der Waals surface area contributed by atoms with E-state index in [9.17, 15) is 9.59 Å². The monoisotopic (exact) mass is 409 g/mol. The number of aromatic nitrogens is 2. The van der Waals surface area contributed by atoms with Crippen LogP contribution >= 0.6 is 23.1 Å². The van der Waals surface area contributed by atoms with Gasteiger partial charge in [0.05, 0.1) is 23.3 Å². The molecule has 8 heteroatoms. The molecule has 0 spiro atoms. The maximum atomic E-state index is 12.9. The van der Waals surface area contributed by atoms with Crippen LogP contribution in [0.4, 0.5) is 0 Å². The number of fused-ring (bicyclic) bond motifs is 1. The molecule has 0 aromatic carbocycles. The highest BCUT2D eigenvalue weighted by atomic mass is 32.2. The largest absolute Gasteiger partial charge is 0.372 e. The maximum absolute atomic E-state index is 12.9. The van der Waals surface area contributed by atoms with Gasteiger partial charge in [-0.1, -0.05) is 25.6 Å². The van der Waals surface area contributed by atoms with Crippen molar-refractivity contribution in [1.82, 2.24) is 14.5 Å². The lowest BCUT2D eigenvalue weighted by Gasteiger charge is -2.35. The molecule has 3 heterocycles. The number of amides is 1. The predicted octanol–water partition coefficient (Wildman–Crippen LogP) is 3.16. The molecule has 27 heavy (non-hydrogen) atoms. The highest BCUT2D eigenvalue weighted by molar-refractivity contribution is 7.99. The fourth-order valence-electron chi connectivity index (χ4n) is 3.35. The van der Waals surface area contributed by atoms with E-state index in [1.165, 1.54) is 11.8 Å². The first-order valence-corrected chi connectivity index (χ1v) is 11.3. The third-order valence-corrected chi connectivity index (χ3v) is 6.69. The van der Waals surface area contributed by atoms with Gasteiger partial charge in [-0.05, 0) is 32.8 Å². The Labute approximate surface area is 167 Å². The van der Waals surface area contributed by atoms with Crippen molar-refractivity contribution in [3.8, 4) is 0 Å². The van der Waals surface area contributed by atoms with Crippen LogP contribution in [0.15, 0.2) is 16.0 Å². The van der Waals surface area contributed by atoms with E-state index in [0.717, 1.165) is 22.5 Å². The number of aryl methyl sites for hydroxylation is 1. The predicted molar refractivity (Wildman–Crippen MR) is 111 cm³/mol. The molecule has 1 saturated heterocycles. The van der Waals surface area contributed by atoms with Gasteiger partial charge in [-0.2, -0.15) is 0 Å². The number of carbonyl (C=O) groups is 1. The number of thiophene rings is 1. The Morgan fingerprint density at radius 2 is 2.04 bits per heavy atom. The van der Waals surface area contributed by atoms with Crippen molar-refractivity contribution >= 4 is 39.2 Å². The average Bonchev–Trinajstić information content (AvgIpc) is 3.05. The van der Waals surface area contributed by atoms with Gasteiger partial charge in [-0.3, -0.25) is 14.2 Å². The Morgan fingerprint density at radius 1 is 1.33 bits per heavy atom. The molecule has 0 saturated carbocycles. The van der Waals surface area contributed by atoms with E-state index in [1.807, 2.05) is 31.7 Å². The number of ether oxygens (including phenoxy) is 1. The molecule has 0 bridgehead atoms. The van der Waals surface area contributed by atoms with Gasteiger partial charge in [0.25, 0.3) is 5.56 Å². The molecule has 1 fully saturated rings. The molecule has 2 atom stereocenters. The van der Waals surface area contributed by atoms with Crippen molar-refractivity contribution < 1.29 is 9.53 Å². The van der Waals surface area contributed by atoms with E-state index in [0.29, 0.717) is 30.2 Å². The second-order valence-corrected chi connectivity index (χ2v) is 9.04. The molecule has 2 aromatic rings. The molecule has 0 radical (unpaired) electrons. The summed E-state index contributed by atoms with van der Waals surface area (Å²) in [5.41, 5.74) is 0.00126. The molecule has 2 aromatic heterocycles. The van der Waals surface area contributed by atoms with Crippen molar-refractivity contribution in [2.45, 2.75) is 64.4 Å². The molecule has 0 aliphatic carbocycles. The van der Waals surface area contributed by atoms with Crippen molar-refractivity contribution in [2.75, 3.05) is 18.8 Å². The smallest absolute Gasteiger partial charge is 0.262 e. The van der Waals surface area contributed by atoms with Crippen LogP contribution in [0.3, 0.4) is 0 Å². The Balaban J connectivity index is 1.82. The third-order valence-electron chi connectivity index (χ3n) is 4.56. The standard InChI is InChI=1S/C19H27N3O3S2/c1-5-7-22-18(24)15-8-14(6-2)27-17(15)20-19(22)26-11-16(23)21-9-12(3)25-13(4)10-21/h8,12-13H,5-7,9-11H2,1-4H3/t12-,13+. The highest BCUT2D eigenvalue weighted by Crippen LogP contribution is 2.25. The topological polar surface area (TPSA) is 64.4 Å². The second-order valence-electron chi connectivity index (χ2n) is 6.98. The summed E-state index contributed by atoms with van der Waals surface area (Å²) in [6.07, 6.45) is 1.84. The minimum atomic E-state index is 0.00126. The summed E-state index contributed by atoms with van der Waals surface area (Å²) < 4.78 is 7.42. The average molecular weight is 410 g/mol. The number of nitrogens with zero attached hydrogens (tertiary/aromatic N) is 3. The summed E-state index contributed by atoms with van der Waals surface area (Å²) in [7, 11) is 0. The summed E-state index contributed by atoms with van der Waals surface area (Å²) >= 11 is 2.93. The van der Waals surface area contributed by atoms with Gasteiger partial charge in [0, 0.05) is 24.5 Å². The van der Waals surface area contributed by atoms with Crippen LogP contribution in [0.1, 0.15) is 39.0 Å². The van der Waals surface area contributed by atoms with Crippen molar-refractivity contribution in [2.24, 2.45) is 0 Å². The minimum absolute atomic E-state index is 0.00126. The quantitative estimate of drug-likeness (QED) is 0.542. The Hall–Kier alpha value is -1.38. The maximum Gasteiger partial charge on any atom is 0.262 e. The zero-order valence-electron chi connectivity index (χ0n) is 16.4. The van der Waals surface area contributed by atoms with Gasteiger partial charge >= 0.3 is 0 Å². The molecule has 148 valence electrons. The number of hydrogen-bond acceptors (Lipinski definition) is 6. The fraction of sp³-hybridized carbons (Fsp3) is 0.632. The lowest BCUT2D eigenvalue weighted by atomic mass is 10.2. The second kappa shape index (κ2) is 8.75. The molecule has 1 amide bonds. The molecular weight excluding hydrogens is 382 g/mol. The first-order valence-electron chi connectivity index (χ1n) is 9.52. The Morgan fingerprint density at radius 3 is 2.67 bits per heavy atom. The van der Waals surface area contributed by atoms with Crippen molar-refractivity contribution in [3.63, 3.8) is 0 Å². The number of carbonyl (C=O) groups excluding carboxylic acids is 1. The van der Waals surface area contributed by atoms with Crippen LogP contribution in [-0.2, 0) is 22.5 Å². The van der Waals surface area contributed by atoms with Crippen LogP contribution < -0.4 is 5.56 Å². The van der Waals surface area contributed by atoms with Gasteiger partial charge in [-0.25, -0.2) is 4.98 Å². The molecule has 1 aliphatic heterocycles. The first kappa shape index (κ1) is 20.4. The van der Waals surface area contributed by atoms with Crippen LogP contribution in [-0.4, -0.2) is 51.4 Å². The number of thioether (sulfide) groups is 1. The Bertz CT molecular complexity index is 867. The van der Waals surface area contributed by atoms with Gasteiger partial charge in [0.1, 0.15) is 4.83 Å². The Kier molecular flexibility index (Phi) is 6.60. The zero-order chi connectivity index (χ0) is 19.6. The van der Waals surface area contributed by atoms with E-state index in [4.69, 9.17) is 9.72 Å². The van der Waals surface area contributed by atoms with E-state index in [-0.39, 0.29) is 29.4 Å². The van der Waals surface area contributed by atoms with Crippen molar-refractivity contribution in [1.29, 1.82) is 0 Å². The summed E-state index contributed by atoms with van der Waals surface area (Å²) in [4.78, 5) is 34.1. The first-order chi connectivity index (χ1) is 12.9. The minimum Gasteiger partial charge on any atom is -0.372 e. The molecule has 1 aliphatic rings. The van der Waals surface area contributed by atoms with Gasteiger partial charge in [0.2, 0.25) is 5.91 Å². The highest BCUT2D eigenvalue weighted by Gasteiger charge is 2.26. The number of hydrogen-bond donors (Lipinski definition) is 0. The SMILES string of the molecule is CCCn1c(SCC(=O)N2C[C@@H](C)O[C@@H](C)C2)nc2sc(CC)cc2c1=O. The molecule has 0 unspecified atom stereocenters. The van der Waals surface area contributed by atoms with Gasteiger partial charge in [-0.15, -0.1) is 11.3 Å². The summed E-state index contributed by atoms with van der Waals surface area (Å²) in [6.45, 7) is 9.93. The zero-order valence-corrected chi connectivity index (χ0v) is 18.0. The normalized spacial score (nSPS) is 20.4. The number of morpholine rings is 1. The molecule has 0 N–H and O–H groups in total. The van der Waals surface area contributed by atoms with E-state index in [1.54, 1.807) is 15.9 Å². The van der Waals surface area contributed by atoms with Crippen LogP contribution in [0, 0.1) is 0 Å². The lowest BCUT2D eigenvalue weighted by Crippen LogP contribution is -2.48. The summed E-state index contributed by atoms with van der Waals surface area (Å²) in [5.74, 6) is 0.354. The van der Waals surface area contributed by atoms with E-state index >= 15 is 0 Å². The molecular formula is C19H27N3O3S2. The lowest BCUT2D eigenvalue weighted by molar-refractivity contribution is -0.140. The van der Waals surface area contributed by atoms with Crippen LogP contribution in [0.25, 0.3) is 10.2 Å². The van der Waals surface area contributed by atoms with E-state index in [2.05, 4.69) is 6.92 Å². The van der Waals surface area contributed by atoms with E-state index < -0.39 is 0 Å². The van der Waals surface area contributed by atoms with Gasteiger partial charge < -0.3 is 9.64 Å². The number of rotatable bonds is 6. The third kappa shape index (κ3) is 4.55.